The van der Waals surface area contributed by atoms with Gasteiger partial charge in [0.05, 0.1) is 29.9 Å². The van der Waals surface area contributed by atoms with Crippen molar-refractivity contribution in [2.45, 2.75) is 26.7 Å². The van der Waals surface area contributed by atoms with Crippen LogP contribution in [0.25, 0.3) is 0 Å². The van der Waals surface area contributed by atoms with Gasteiger partial charge in [-0.15, -0.1) is 0 Å². The van der Waals surface area contributed by atoms with E-state index in [1.165, 1.54) is 0 Å². The first-order valence-electron chi connectivity index (χ1n) is 7.17. The van der Waals surface area contributed by atoms with Gasteiger partial charge in [0.1, 0.15) is 5.76 Å². The lowest BCUT2D eigenvalue weighted by molar-refractivity contribution is 0.0771. The van der Waals surface area contributed by atoms with E-state index in [0.29, 0.717) is 33.3 Å². The first-order chi connectivity index (χ1) is 11.0. The summed E-state index contributed by atoms with van der Waals surface area (Å²) >= 11 is 6.29. The van der Waals surface area contributed by atoms with Crippen molar-refractivity contribution >= 4 is 17.8 Å². The Bertz CT molecular complexity index is 732. The second-order valence-corrected chi connectivity index (χ2v) is 5.41. The van der Waals surface area contributed by atoms with Gasteiger partial charge in [0.15, 0.2) is 0 Å². The number of nitrogens with one attached hydrogen (secondary N) is 1. The van der Waals surface area contributed by atoms with Crippen molar-refractivity contribution in [1.29, 1.82) is 5.26 Å². The largest absolute Gasteiger partial charge is 0.513 e. The standard InChI is InChI=1S/C17H17ClN2O3/c1-4-22-17(21)23-16-11(3)20-10(2)13(9-19)15(16)12-7-5-6-8-14(12)18/h5-8,15,20H,4H2,1-3H3. The van der Waals surface area contributed by atoms with Gasteiger partial charge < -0.3 is 14.8 Å². The molecule has 1 unspecified atom stereocenters. The Morgan fingerprint density at radius 2 is 2.04 bits per heavy atom. The van der Waals surface area contributed by atoms with Crippen LogP contribution in [0, 0.1) is 11.3 Å². The molecule has 1 N–H and O–H groups in total. The normalized spacial score (nSPS) is 17.4. The molecule has 0 saturated heterocycles. The Labute approximate surface area is 140 Å². The van der Waals surface area contributed by atoms with Gasteiger partial charge in [0.25, 0.3) is 0 Å². The number of hydrogen-bond acceptors (Lipinski definition) is 5. The zero-order chi connectivity index (χ0) is 17.0. The molecule has 0 bridgehead atoms. The van der Waals surface area contributed by atoms with Gasteiger partial charge in [-0.3, -0.25) is 0 Å². The summed E-state index contributed by atoms with van der Waals surface area (Å²) in [6, 6.07) is 9.35. The zero-order valence-corrected chi connectivity index (χ0v) is 13.9. The fourth-order valence-corrected chi connectivity index (χ4v) is 2.75. The minimum Gasteiger partial charge on any atom is -0.434 e. The first-order valence-corrected chi connectivity index (χ1v) is 7.55. The Morgan fingerprint density at radius 3 is 2.65 bits per heavy atom. The minimum absolute atomic E-state index is 0.204. The lowest BCUT2D eigenvalue weighted by Gasteiger charge is -2.28. The lowest BCUT2D eigenvalue weighted by Crippen LogP contribution is -2.26. The molecule has 0 aromatic heterocycles. The van der Waals surface area contributed by atoms with E-state index in [9.17, 15) is 10.1 Å². The zero-order valence-electron chi connectivity index (χ0n) is 13.1. The molecule has 6 heteroatoms. The Hall–Kier alpha value is -2.45. The molecule has 120 valence electrons. The molecule has 23 heavy (non-hydrogen) atoms. The van der Waals surface area contributed by atoms with Crippen LogP contribution >= 0.6 is 11.6 Å². The quantitative estimate of drug-likeness (QED) is 0.839. The summed E-state index contributed by atoms with van der Waals surface area (Å²) in [6.07, 6.45) is -0.808. The third-order valence-electron chi connectivity index (χ3n) is 3.49. The van der Waals surface area contributed by atoms with E-state index in [-0.39, 0.29) is 6.61 Å². The van der Waals surface area contributed by atoms with Crippen LogP contribution in [0.2, 0.25) is 5.02 Å². The number of rotatable bonds is 3. The SMILES string of the molecule is CCOC(=O)OC1=C(C)NC(C)=C(C#N)C1c1ccccc1Cl. The van der Waals surface area contributed by atoms with Crippen LogP contribution < -0.4 is 5.32 Å². The Morgan fingerprint density at radius 1 is 1.35 bits per heavy atom. The van der Waals surface area contributed by atoms with Gasteiger partial charge in [-0.05, 0) is 32.4 Å². The van der Waals surface area contributed by atoms with Crippen LogP contribution in [-0.2, 0) is 9.47 Å². The molecule has 0 fully saturated rings. The van der Waals surface area contributed by atoms with E-state index >= 15 is 0 Å². The van der Waals surface area contributed by atoms with Crippen molar-refractivity contribution in [3.63, 3.8) is 0 Å². The third-order valence-corrected chi connectivity index (χ3v) is 3.84. The predicted octanol–water partition coefficient (Wildman–Crippen LogP) is 4.23. The van der Waals surface area contributed by atoms with Crippen molar-refractivity contribution in [2.24, 2.45) is 0 Å². The lowest BCUT2D eigenvalue weighted by atomic mass is 9.86. The van der Waals surface area contributed by atoms with Crippen molar-refractivity contribution in [3.8, 4) is 6.07 Å². The second kappa shape index (κ2) is 7.21. The summed E-state index contributed by atoms with van der Waals surface area (Å²) in [5.74, 6) is -0.238. The van der Waals surface area contributed by atoms with E-state index in [4.69, 9.17) is 21.1 Å². The number of dihydropyridines is 1. The van der Waals surface area contributed by atoms with Gasteiger partial charge in [-0.25, -0.2) is 4.79 Å². The Kier molecular flexibility index (Phi) is 5.30. The smallest absolute Gasteiger partial charge is 0.434 e. The van der Waals surface area contributed by atoms with Crippen molar-refractivity contribution in [1.82, 2.24) is 5.32 Å². The van der Waals surface area contributed by atoms with Gasteiger partial charge in [-0.1, -0.05) is 29.8 Å². The predicted molar refractivity (Wildman–Crippen MR) is 86.4 cm³/mol. The molecule has 0 amide bonds. The molecule has 0 spiro atoms. The number of ether oxygens (including phenoxy) is 2. The molecule has 0 saturated carbocycles. The summed E-state index contributed by atoms with van der Waals surface area (Å²) in [7, 11) is 0. The molecular formula is C17H17ClN2O3. The highest BCUT2D eigenvalue weighted by atomic mass is 35.5. The van der Waals surface area contributed by atoms with E-state index in [0.717, 1.165) is 0 Å². The van der Waals surface area contributed by atoms with Crippen molar-refractivity contribution in [3.05, 3.63) is 57.6 Å². The van der Waals surface area contributed by atoms with Crippen LogP contribution in [0.3, 0.4) is 0 Å². The van der Waals surface area contributed by atoms with Crippen LogP contribution in [0.5, 0.6) is 0 Å². The van der Waals surface area contributed by atoms with E-state index in [2.05, 4.69) is 11.4 Å². The molecule has 1 aliphatic heterocycles. The van der Waals surface area contributed by atoms with E-state index < -0.39 is 12.1 Å². The average molecular weight is 333 g/mol. The van der Waals surface area contributed by atoms with Crippen LogP contribution in [0.1, 0.15) is 32.3 Å². The molecule has 1 aromatic carbocycles. The van der Waals surface area contributed by atoms with Crippen molar-refractivity contribution in [2.75, 3.05) is 6.61 Å². The second-order valence-electron chi connectivity index (χ2n) is 5.00. The Balaban J connectivity index is 2.53. The highest BCUT2D eigenvalue weighted by Gasteiger charge is 2.33. The third kappa shape index (κ3) is 3.49. The molecule has 0 radical (unpaired) electrons. The monoisotopic (exact) mass is 332 g/mol. The maximum atomic E-state index is 11.8. The summed E-state index contributed by atoms with van der Waals surface area (Å²) < 4.78 is 10.2. The van der Waals surface area contributed by atoms with Gasteiger partial charge in [0.2, 0.25) is 0 Å². The number of hydrogen-bond donors (Lipinski definition) is 1. The maximum absolute atomic E-state index is 11.8. The molecule has 1 aromatic rings. The molecule has 2 rings (SSSR count). The highest BCUT2D eigenvalue weighted by Crippen LogP contribution is 2.40. The van der Waals surface area contributed by atoms with Crippen LogP contribution in [0.4, 0.5) is 4.79 Å². The first kappa shape index (κ1) is 16.9. The van der Waals surface area contributed by atoms with E-state index in [1.54, 1.807) is 32.9 Å². The van der Waals surface area contributed by atoms with Crippen molar-refractivity contribution < 1.29 is 14.3 Å². The topological polar surface area (TPSA) is 71.3 Å². The summed E-state index contributed by atoms with van der Waals surface area (Å²) in [6.45, 7) is 5.47. The minimum atomic E-state index is -0.808. The fraction of sp³-hybridized carbons (Fsp3) is 0.294. The summed E-state index contributed by atoms with van der Waals surface area (Å²) in [4.78, 5) is 11.8. The van der Waals surface area contributed by atoms with Gasteiger partial charge >= 0.3 is 6.16 Å². The number of carbonyl (C=O) groups excluding carboxylic acids is 1. The fourth-order valence-electron chi connectivity index (χ4n) is 2.50. The molecule has 1 atom stereocenters. The van der Waals surface area contributed by atoms with E-state index in [1.807, 2.05) is 12.1 Å². The van der Waals surface area contributed by atoms with Gasteiger partial charge in [0, 0.05) is 10.7 Å². The molecule has 0 aliphatic carbocycles. The number of carbonyl (C=O) groups is 1. The summed E-state index contributed by atoms with van der Waals surface area (Å²) in [5.41, 5.74) is 2.49. The molecule has 1 aliphatic rings. The highest BCUT2D eigenvalue weighted by molar-refractivity contribution is 6.31. The van der Waals surface area contributed by atoms with Crippen LogP contribution in [0.15, 0.2) is 47.0 Å². The number of nitriles is 1. The summed E-state index contributed by atoms with van der Waals surface area (Å²) in [5, 5.41) is 13.1. The van der Waals surface area contributed by atoms with Crippen LogP contribution in [-0.4, -0.2) is 12.8 Å². The molecule has 1 heterocycles. The number of nitrogens with zero attached hydrogens (tertiary/aromatic N) is 1. The number of benzene rings is 1. The average Bonchev–Trinajstić information content (AvgIpc) is 2.50. The number of allylic oxidation sites excluding steroid dienone is 3. The maximum Gasteiger partial charge on any atom is 0.513 e. The number of halogens is 1. The molecular weight excluding hydrogens is 316 g/mol. The van der Waals surface area contributed by atoms with Gasteiger partial charge in [-0.2, -0.15) is 5.26 Å². The molecule has 5 nitrogen and oxygen atoms in total.